The molecular weight excluding hydrogens is 240 g/mol. The van der Waals surface area contributed by atoms with Crippen molar-refractivity contribution in [1.82, 2.24) is 0 Å². The van der Waals surface area contributed by atoms with E-state index in [2.05, 4.69) is 0 Å². The van der Waals surface area contributed by atoms with Gasteiger partial charge in [-0.05, 0) is 51.4 Å². The van der Waals surface area contributed by atoms with Crippen molar-refractivity contribution in [2.45, 2.75) is 65.7 Å². The quantitative estimate of drug-likeness (QED) is 0.762. The molecule has 0 aliphatic carbocycles. The van der Waals surface area contributed by atoms with Crippen molar-refractivity contribution >= 4 is 5.78 Å². The number of hydrogen-bond donors (Lipinski definition) is 0. The smallest absolute Gasteiger partial charge is 0.130 e. The van der Waals surface area contributed by atoms with Gasteiger partial charge in [-0.15, -0.1) is 0 Å². The number of ketones is 1. The van der Waals surface area contributed by atoms with E-state index < -0.39 is 0 Å². The largest absolute Gasteiger partial charge is 0.381 e. The highest BCUT2D eigenvalue weighted by atomic mass is 16.5. The normalized spacial score (nSPS) is 18.7. The lowest BCUT2D eigenvalue weighted by Crippen LogP contribution is -2.03. The molecule has 0 aromatic heterocycles. The molecule has 2 rings (SSSR count). The minimum atomic E-state index is 0.287. The number of rotatable bonds is 2. The van der Waals surface area contributed by atoms with E-state index in [0.29, 0.717) is 5.92 Å². The summed E-state index contributed by atoms with van der Waals surface area (Å²) in [5.41, 5.74) is 0. The van der Waals surface area contributed by atoms with Crippen LogP contribution in [0.1, 0.15) is 65.7 Å². The molecule has 114 valence electrons. The average molecular weight is 272 g/mol. The van der Waals surface area contributed by atoms with Crippen LogP contribution in [-0.2, 0) is 14.3 Å². The lowest BCUT2D eigenvalue weighted by atomic mass is 10.1. The van der Waals surface area contributed by atoms with Gasteiger partial charge in [-0.2, -0.15) is 0 Å². The number of carbonyl (C=O) groups is 1. The van der Waals surface area contributed by atoms with Crippen LogP contribution in [0.25, 0.3) is 0 Å². The second-order valence-electron chi connectivity index (χ2n) is 5.65. The molecule has 2 saturated heterocycles. The minimum Gasteiger partial charge on any atom is -0.381 e. The second-order valence-corrected chi connectivity index (χ2v) is 5.65. The number of carbonyl (C=O) groups excluding carboxylic acids is 1. The summed E-state index contributed by atoms with van der Waals surface area (Å²) >= 11 is 0. The minimum absolute atomic E-state index is 0.287. The second kappa shape index (κ2) is 14.0. The molecule has 2 aliphatic rings. The summed E-state index contributed by atoms with van der Waals surface area (Å²) in [5.74, 6) is 0.813. The van der Waals surface area contributed by atoms with Crippen LogP contribution in [0.15, 0.2) is 0 Å². The average Bonchev–Trinajstić information content (AvgIpc) is 2.42. The predicted octanol–water partition coefficient (Wildman–Crippen LogP) is 4.00. The van der Waals surface area contributed by atoms with Gasteiger partial charge in [0, 0.05) is 32.8 Å². The van der Waals surface area contributed by atoms with E-state index in [4.69, 9.17) is 9.47 Å². The molecule has 0 aromatic carbocycles. The highest BCUT2D eigenvalue weighted by Crippen LogP contribution is 2.02. The highest BCUT2D eigenvalue weighted by molar-refractivity contribution is 5.75. The van der Waals surface area contributed by atoms with Crippen molar-refractivity contribution < 1.29 is 14.3 Å². The molecule has 3 heteroatoms. The summed E-state index contributed by atoms with van der Waals surface area (Å²) < 4.78 is 10.1. The predicted molar refractivity (Wildman–Crippen MR) is 79.5 cm³/mol. The maximum Gasteiger partial charge on any atom is 0.130 e. The zero-order valence-corrected chi connectivity index (χ0v) is 13.1. The molecule has 2 heterocycles. The topological polar surface area (TPSA) is 35.5 Å². The third-order valence-electron chi connectivity index (χ3n) is 2.85. The molecule has 0 N–H and O–H groups in total. The van der Waals surface area contributed by atoms with Gasteiger partial charge in [-0.3, -0.25) is 0 Å². The highest BCUT2D eigenvalue weighted by Gasteiger charge is 1.96. The monoisotopic (exact) mass is 272 g/mol. The molecule has 0 radical (unpaired) electrons. The molecule has 0 spiro atoms. The van der Waals surface area contributed by atoms with Gasteiger partial charge in [0.15, 0.2) is 0 Å². The summed E-state index contributed by atoms with van der Waals surface area (Å²) in [7, 11) is 0. The lowest BCUT2D eigenvalue weighted by Gasteiger charge is -2.08. The zero-order valence-electron chi connectivity index (χ0n) is 13.1. The molecule has 2 fully saturated rings. The standard InChI is InChI=1S/C6H12O.2C5H10O/c1-5(2)4-6(3)7;2*1-2-4-6-5-3-1/h5H,4H2,1-3H3;2*1-5H2. The summed E-state index contributed by atoms with van der Waals surface area (Å²) in [5, 5.41) is 0. The van der Waals surface area contributed by atoms with Crippen LogP contribution >= 0.6 is 0 Å². The van der Waals surface area contributed by atoms with Crippen molar-refractivity contribution in [3.63, 3.8) is 0 Å². The first-order valence-electron chi connectivity index (χ1n) is 7.78. The first-order chi connectivity index (χ1) is 9.13. The third-order valence-corrected chi connectivity index (χ3v) is 2.85. The van der Waals surface area contributed by atoms with Crippen molar-refractivity contribution in [2.24, 2.45) is 5.92 Å². The van der Waals surface area contributed by atoms with Gasteiger partial charge < -0.3 is 14.3 Å². The lowest BCUT2D eigenvalue weighted by molar-refractivity contribution is -0.117. The van der Waals surface area contributed by atoms with E-state index >= 15 is 0 Å². The molecule has 0 atom stereocenters. The summed E-state index contributed by atoms with van der Waals surface area (Å²) in [6, 6.07) is 0. The molecule has 0 saturated carbocycles. The number of Topliss-reactive ketones (excluding diaryl/α,β-unsaturated/α-hetero) is 1. The van der Waals surface area contributed by atoms with Gasteiger partial charge in [-0.1, -0.05) is 13.8 Å². The zero-order chi connectivity index (χ0) is 14.3. The van der Waals surface area contributed by atoms with Crippen LogP contribution in [0.3, 0.4) is 0 Å². The van der Waals surface area contributed by atoms with E-state index in [1.807, 2.05) is 13.8 Å². The van der Waals surface area contributed by atoms with E-state index in [9.17, 15) is 4.79 Å². The first-order valence-corrected chi connectivity index (χ1v) is 7.78. The Kier molecular flexibility index (Phi) is 13.7. The van der Waals surface area contributed by atoms with Crippen molar-refractivity contribution in [3.05, 3.63) is 0 Å². The fraction of sp³-hybridized carbons (Fsp3) is 0.938. The van der Waals surface area contributed by atoms with Crippen LogP contribution < -0.4 is 0 Å². The van der Waals surface area contributed by atoms with Crippen LogP contribution in [0.5, 0.6) is 0 Å². The molecule has 0 unspecified atom stereocenters. The third kappa shape index (κ3) is 17.6. The van der Waals surface area contributed by atoms with Gasteiger partial charge in [-0.25, -0.2) is 0 Å². The Hall–Kier alpha value is -0.410. The van der Waals surface area contributed by atoms with Gasteiger partial charge in [0.1, 0.15) is 5.78 Å². The van der Waals surface area contributed by atoms with Gasteiger partial charge in [0.05, 0.1) is 0 Å². The summed E-state index contributed by atoms with van der Waals surface area (Å²) in [6.45, 7) is 9.71. The van der Waals surface area contributed by atoms with Crippen molar-refractivity contribution in [1.29, 1.82) is 0 Å². The molecular formula is C16H32O3. The van der Waals surface area contributed by atoms with Gasteiger partial charge in [0.2, 0.25) is 0 Å². The Morgan fingerprint density at radius 3 is 1.26 bits per heavy atom. The van der Waals surface area contributed by atoms with Crippen LogP contribution in [0.2, 0.25) is 0 Å². The molecule has 0 bridgehead atoms. The summed E-state index contributed by atoms with van der Waals surface area (Å²) in [4.78, 5) is 10.3. The Labute approximate surface area is 119 Å². The molecule has 19 heavy (non-hydrogen) atoms. The number of ether oxygens (including phenoxy) is 2. The van der Waals surface area contributed by atoms with Gasteiger partial charge >= 0.3 is 0 Å². The van der Waals surface area contributed by atoms with Crippen LogP contribution in [-0.4, -0.2) is 32.2 Å². The molecule has 2 aliphatic heterocycles. The van der Waals surface area contributed by atoms with Crippen molar-refractivity contribution in [2.75, 3.05) is 26.4 Å². The van der Waals surface area contributed by atoms with Crippen molar-refractivity contribution in [3.8, 4) is 0 Å². The van der Waals surface area contributed by atoms with Crippen LogP contribution in [0.4, 0.5) is 0 Å². The first kappa shape index (κ1) is 18.6. The Morgan fingerprint density at radius 2 is 1.21 bits per heavy atom. The maximum absolute atomic E-state index is 10.3. The molecule has 3 nitrogen and oxygen atoms in total. The fourth-order valence-electron chi connectivity index (χ4n) is 1.95. The van der Waals surface area contributed by atoms with Crippen LogP contribution in [0, 0.1) is 5.92 Å². The van der Waals surface area contributed by atoms with E-state index in [-0.39, 0.29) is 5.78 Å². The molecule has 0 amide bonds. The fourth-order valence-corrected chi connectivity index (χ4v) is 1.95. The molecule has 0 aromatic rings. The van der Waals surface area contributed by atoms with E-state index in [1.165, 1.54) is 38.5 Å². The Morgan fingerprint density at radius 1 is 0.842 bits per heavy atom. The summed E-state index contributed by atoms with van der Waals surface area (Å²) in [6.07, 6.45) is 8.58. The SMILES string of the molecule is C1CCOCC1.C1CCOCC1.CC(=O)CC(C)C. The number of hydrogen-bond acceptors (Lipinski definition) is 3. The Balaban J connectivity index is 0.000000256. The maximum atomic E-state index is 10.3. The Bertz CT molecular complexity index is 159. The van der Waals surface area contributed by atoms with E-state index in [0.717, 1.165) is 32.8 Å². The van der Waals surface area contributed by atoms with Gasteiger partial charge in [0.25, 0.3) is 0 Å². The van der Waals surface area contributed by atoms with E-state index in [1.54, 1.807) is 6.92 Å².